The van der Waals surface area contributed by atoms with Crippen LogP contribution in [0.4, 0.5) is 5.69 Å². The summed E-state index contributed by atoms with van der Waals surface area (Å²) in [7, 11) is 1.42. The Morgan fingerprint density at radius 3 is 2.43 bits per heavy atom. The molecule has 110 valence electrons. The number of hydrogen-bond donors (Lipinski definition) is 1. The molecule has 7 nitrogen and oxygen atoms in total. The average Bonchev–Trinajstić information content (AvgIpc) is 2.92. The molecule has 1 N–H and O–H groups in total. The van der Waals surface area contributed by atoms with Crippen LogP contribution < -0.4 is 9.64 Å². The van der Waals surface area contributed by atoms with Gasteiger partial charge in [-0.15, -0.1) is 0 Å². The Balaban J connectivity index is 2.12. The Labute approximate surface area is 120 Å². The summed E-state index contributed by atoms with van der Waals surface area (Å²) in [4.78, 5) is 36.9. The van der Waals surface area contributed by atoms with Gasteiger partial charge in [0.2, 0.25) is 0 Å². The fourth-order valence-corrected chi connectivity index (χ4v) is 2.64. The predicted molar refractivity (Wildman–Crippen MR) is 70.3 cm³/mol. The minimum absolute atomic E-state index is 0.0250. The van der Waals surface area contributed by atoms with Crippen molar-refractivity contribution < 1.29 is 29.0 Å². The minimum atomic E-state index is -1.22. The second-order valence-corrected chi connectivity index (χ2v) is 4.89. The van der Waals surface area contributed by atoms with Crippen molar-refractivity contribution in [3.63, 3.8) is 0 Å². The number of nitrogens with zero attached hydrogens (tertiary/aromatic N) is 1. The fraction of sp³-hybridized carbons (Fsp3) is 0.357. The average molecular weight is 291 g/mol. The molecule has 2 atom stereocenters. The molecule has 0 radical (unpaired) electrons. The van der Waals surface area contributed by atoms with Gasteiger partial charge in [0.15, 0.2) is 0 Å². The molecule has 0 saturated carbocycles. The number of ether oxygens (including phenoxy) is 2. The summed E-state index contributed by atoms with van der Waals surface area (Å²) >= 11 is 0. The van der Waals surface area contributed by atoms with E-state index in [1.807, 2.05) is 0 Å². The maximum atomic E-state index is 12.3. The Kier molecular flexibility index (Phi) is 3.13. The monoisotopic (exact) mass is 291 g/mol. The number of morpholine rings is 1. The lowest BCUT2D eigenvalue weighted by atomic mass is 10.1. The molecule has 2 bridgehead atoms. The molecule has 2 fully saturated rings. The Morgan fingerprint density at radius 1 is 1.29 bits per heavy atom. The fourth-order valence-electron chi connectivity index (χ4n) is 2.64. The summed E-state index contributed by atoms with van der Waals surface area (Å²) < 4.78 is 10.4. The lowest BCUT2D eigenvalue weighted by Gasteiger charge is -2.30. The molecule has 0 aliphatic carbocycles. The molecular weight excluding hydrogens is 278 g/mol. The highest BCUT2D eigenvalue weighted by Gasteiger charge is 2.48. The summed E-state index contributed by atoms with van der Waals surface area (Å²) in [6, 6.07) is 4.16. The highest BCUT2D eigenvalue weighted by atomic mass is 16.5. The van der Waals surface area contributed by atoms with Crippen molar-refractivity contribution >= 4 is 23.5 Å². The van der Waals surface area contributed by atoms with Crippen LogP contribution in [0.2, 0.25) is 0 Å². The number of amides is 2. The third-order valence-electron chi connectivity index (χ3n) is 3.69. The molecular formula is C14H13NO6. The van der Waals surface area contributed by atoms with Crippen LogP contribution in [-0.4, -0.2) is 42.2 Å². The van der Waals surface area contributed by atoms with Gasteiger partial charge in [0.05, 0.1) is 18.4 Å². The van der Waals surface area contributed by atoms with Gasteiger partial charge in [-0.05, 0) is 25.0 Å². The van der Waals surface area contributed by atoms with Crippen LogP contribution in [0.3, 0.4) is 0 Å². The van der Waals surface area contributed by atoms with E-state index in [4.69, 9.17) is 9.47 Å². The molecule has 1 aromatic rings. The third-order valence-corrected chi connectivity index (χ3v) is 3.69. The molecule has 2 aliphatic rings. The first-order valence-corrected chi connectivity index (χ1v) is 6.47. The van der Waals surface area contributed by atoms with Crippen LogP contribution in [0.25, 0.3) is 0 Å². The molecule has 2 unspecified atom stereocenters. The Morgan fingerprint density at radius 2 is 1.90 bits per heavy atom. The molecule has 0 spiro atoms. The van der Waals surface area contributed by atoms with Gasteiger partial charge in [0.1, 0.15) is 18.0 Å². The van der Waals surface area contributed by atoms with Gasteiger partial charge < -0.3 is 14.6 Å². The van der Waals surface area contributed by atoms with E-state index in [-0.39, 0.29) is 11.3 Å². The number of carbonyl (C=O) groups is 3. The zero-order valence-corrected chi connectivity index (χ0v) is 11.2. The molecule has 3 rings (SSSR count). The smallest absolute Gasteiger partial charge is 0.337 e. The zero-order valence-electron chi connectivity index (χ0n) is 11.2. The number of carboxylic acids is 1. The van der Waals surface area contributed by atoms with Gasteiger partial charge in [0, 0.05) is 6.07 Å². The van der Waals surface area contributed by atoms with E-state index in [0.29, 0.717) is 18.6 Å². The van der Waals surface area contributed by atoms with Crippen molar-refractivity contribution in [1.82, 2.24) is 0 Å². The Hall–Kier alpha value is -2.41. The van der Waals surface area contributed by atoms with Gasteiger partial charge in [-0.2, -0.15) is 0 Å². The summed E-state index contributed by atoms with van der Waals surface area (Å²) in [6.07, 6.45) is -0.419. The lowest BCUT2D eigenvalue weighted by Crippen LogP contribution is -2.52. The van der Waals surface area contributed by atoms with E-state index in [0.717, 1.165) is 4.90 Å². The SMILES string of the molecule is COc1ccc(C(=O)O)c(N2C(=O)C3CCC(O3)C2=O)c1. The number of fused-ring (bicyclic) bond motifs is 2. The quantitative estimate of drug-likeness (QED) is 0.828. The standard InChI is InChI=1S/C14H13NO6/c1-20-7-2-3-8(14(18)19)9(6-7)15-12(16)10-4-5-11(21-10)13(15)17/h2-3,6,10-11H,4-5H2,1H3,(H,18,19). The van der Waals surface area contributed by atoms with Gasteiger partial charge in [-0.25, -0.2) is 9.69 Å². The number of imide groups is 1. The van der Waals surface area contributed by atoms with Crippen LogP contribution in [-0.2, 0) is 14.3 Å². The number of aromatic carboxylic acids is 1. The molecule has 0 aromatic heterocycles. The van der Waals surface area contributed by atoms with E-state index in [9.17, 15) is 19.5 Å². The number of rotatable bonds is 3. The third kappa shape index (κ3) is 2.06. The van der Waals surface area contributed by atoms with Crippen LogP contribution >= 0.6 is 0 Å². The first kappa shape index (κ1) is 13.6. The number of anilines is 1. The number of methoxy groups -OCH3 is 1. The van der Waals surface area contributed by atoms with Crippen LogP contribution in [0.5, 0.6) is 5.75 Å². The summed E-state index contributed by atoms with van der Waals surface area (Å²) in [5, 5.41) is 9.26. The van der Waals surface area contributed by atoms with Crippen molar-refractivity contribution in [3.8, 4) is 5.75 Å². The van der Waals surface area contributed by atoms with Crippen LogP contribution in [0, 0.1) is 0 Å². The summed E-state index contributed by atoms with van der Waals surface area (Å²) in [5.74, 6) is -1.89. The first-order chi connectivity index (χ1) is 10.0. The van der Waals surface area contributed by atoms with Gasteiger partial charge >= 0.3 is 5.97 Å². The van der Waals surface area contributed by atoms with E-state index in [2.05, 4.69) is 0 Å². The largest absolute Gasteiger partial charge is 0.497 e. The molecule has 21 heavy (non-hydrogen) atoms. The molecule has 7 heteroatoms. The lowest BCUT2D eigenvalue weighted by molar-refractivity contribution is -0.146. The number of carboxylic acid groups (broad SMARTS) is 1. The number of carbonyl (C=O) groups excluding carboxylic acids is 2. The van der Waals surface area contributed by atoms with E-state index < -0.39 is 30.0 Å². The second kappa shape index (κ2) is 4.85. The minimum Gasteiger partial charge on any atom is -0.497 e. The summed E-state index contributed by atoms with van der Waals surface area (Å²) in [6.45, 7) is 0. The van der Waals surface area contributed by atoms with Gasteiger partial charge in [-0.1, -0.05) is 0 Å². The first-order valence-electron chi connectivity index (χ1n) is 6.47. The van der Waals surface area contributed by atoms with Crippen molar-refractivity contribution in [2.45, 2.75) is 25.0 Å². The normalized spacial score (nSPS) is 24.3. The van der Waals surface area contributed by atoms with E-state index in [1.54, 1.807) is 0 Å². The molecule has 1 aromatic carbocycles. The van der Waals surface area contributed by atoms with Gasteiger partial charge in [-0.3, -0.25) is 9.59 Å². The van der Waals surface area contributed by atoms with E-state index >= 15 is 0 Å². The summed E-state index contributed by atoms with van der Waals surface area (Å²) in [5.41, 5.74) is -0.101. The maximum Gasteiger partial charge on any atom is 0.337 e. The number of hydrogen-bond acceptors (Lipinski definition) is 5. The molecule has 2 aliphatic heterocycles. The van der Waals surface area contributed by atoms with Gasteiger partial charge in [0.25, 0.3) is 11.8 Å². The highest BCUT2D eigenvalue weighted by Crippen LogP contribution is 2.35. The second-order valence-electron chi connectivity index (χ2n) is 4.89. The molecule has 2 heterocycles. The van der Waals surface area contributed by atoms with Crippen LogP contribution in [0.15, 0.2) is 18.2 Å². The molecule has 2 saturated heterocycles. The molecule has 2 amide bonds. The number of benzene rings is 1. The predicted octanol–water partition coefficient (Wildman–Crippen LogP) is 0.814. The van der Waals surface area contributed by atoms with Crippen molar-refractivity contribution in [3.05, 3.63) is 23.8 Å². The van der Waals surface area contributed by atoms with Crippen molar-refractivity contribution in [2.75, 3.05) is 12.0 Å². The maximum absolute atomic E-state index is 12.3. The zero-order chi connectivity index (χ0) is 15.1. The van der Waals surface area contributed by atoms with Crippen molar-refractivity contribution in [2.24, 2.45) is 0 Å². The van der Waals surface area contributed by atoms with Crippen molar-refractivity contribution in [1.29, 1.82) is 0 Å². The topological polar surface area (TPSA) is 93.1 Å². The Bertz CT molecular complexity index is 618. The highest BCUT2D eigenvalue weighted by molar-refractivity contribution is 6.21. The van der Waals surface area contributed by atoms with Crippen LogP contribution in [0.1, 0.15) is 23.2 Å². The van der Waals surface area contributed by atoms with E-state index in [1.165, 1.54) is 25.3 Å².